The van der Waals surface area contributed by atoms with Crippen molar-refractivity contribution in [3.8, 4) is 11.1 Å². The molecule has 41 heavy (non-hydrogen) atoms. The Morgan fingerprint density at radius 2 is 1.49 bits per heavy atom. The first kappa shape index (κ1) is 27.9. The molecule has 2 amide bonds. The van der Waals surface area contributed by atoms with Gasteiger partial charge in [-0.1, -0.05) is 78.9 Å². The van der Waals surface area contributed by atoms with Gasteiger partial charge >= 0.3 is 18.0 Å². The normalized spacial score (nSPS) is 15.4. The third kappa shape index (κ3) is 5.66. The summed E-state index contributed by atoms with van der Waals surface area (Å²) in [6.45, 7) is 0.0224. The Kier molecular flexibility index (Phi) is 8.05. The second-order valence-electron chi connectivity index (χ2n) is 10.5. The van der Waals surface area contributed by atoms with Crippen LogP contribution in [0.15, 0.2) is 78.9 Å². The second kappa shape index (κ2) is 11.8. The number of ether oxygens (including phenoxy) is 2. The van der Waals surface area contributed by atoms with Crippen LogP contribution in [0.1, 0.15) is 48.3 Å². The molecule has 0 radical (unpaired) electrons. The van der Waals surface area contributed by atoms with E-state index in [0.717, 1.165) is 32.7 Å². The Balaban J connectivity index is 1.28. The van der Waals surface area contributed by atoms with Gasteiger partial charge in [0.05, 0.1) is 6.42 Å². The highest BCUT2D eigenvalue weighted by molar-refractivity contribution is 5.94. The third-order valence-corrected chi connectivity index (χ3v) is 8.10. The van der Waals surface area contributed by atoms with Crippen molar-refractivity contribution in [1.29, 1.82) is 0 Å². The monoisotopic (exact) mass is 556 g/mol. The van der Waals surface area contributed by atoms with Gasteiger partial charge in [-0.2, -0.15) is 0 Å². The van der Waals surface area contributed by atoms with Crippen LogP contribution in [0.5, 0.6) is 0 Å². The topological polar surface area (TPSA) is 122 Å². The van der Waals surface area contributed by atoms with E-state index in [0.29, 0.717) is 19.3 Å². The standard InChI is InChI=1S/C32H32N2O7/c1-34(32(30(37)38)16-9-17-32)29(36)27(18-28(35)40-19-21-10-3-2-4-11-21)33-31(39)41-20-26-24-14-7-5-12-22(24)23-13-6-8-15-25(23)26/h2-8,10-15,26-27H,9,16-20H2,1H3,(H,33,39)(H,37,38)/t27-/m0/s1. The van der Waals surface area contributed by atoms with Gasteiger partial charge in [0.15, 0.2) is 0 Å². The molecule has 0 aliphatic heterocycles. The molecule has 1 saturated carbocycles. The average molecular weight is 557 g/mol. The molecule has 3 aromatic carbocycles. The maximum atomic E-state index is 13.5. The molecule has 2 aliphatic rings. The first-order valence-corrected chi connectivity index (χ1v) is 13.6. The van der Waals surface area contributed by atoms with Crippen molar-refractivity contribution in [1.82, 2.24) is 10.2 Å². The predicted octanol–water partition coefficient (Wildman–Crippen LogP) is 4.49. The number of esters is 1. The fraction of sp³-hybridized carbons (Fsp3) is 0.312. The van der Waals surface area contributed by atoms with Crippen molar-refractivity contribution < 1.29 is 33.8 Å². The number of nitrogens with zero attached hydrogens (tertiary/aromatic N) is 1. The van der Waals surface area contributed by atoms with Gasteiger partial charge in [-0.05, 0) is 47.1 Å². The van der Waals surface area contributed by atoms with Crippen molar-refractivity contribution in [2.45, 2.75) is 49.8 Å². The van der Waals surface area contributed by atoms with E-state index in [-0.39, 0.29) is 19.1 Å². The first-order chi connectivity index (χ1) is 19.8. The molecule has 212 valence electrons. The molecule has 5 rings (SSSR count). The molecule has 1 fully saturated rings. The number of carboxylic acids is 1. The fourth-order valence-corrected chi connectivity index (χ4v) is 5.60. The lowest BCUT2D eigenvalue weighted by Gasteiger charge is -2.45. The van der Waals surface area contributed by atoms with Gasteiger partial charge in [-0.15, -0.1) is 0 Å². The van der Waals surface area contributed by atoms with E-state index in [1.165, 1.54) is 7.05 Å². The lowest BCUT2D eigenvalue weighted by Crippen LogP contribution is -2.63. The van der Waals surface area contributed by atoms with Gasteiger partial charge in [-0.25, -0.2) is 9.59 Å². The zero-order valence-electron chi connectivity index (χ0n) is 22.7. The van der Waals surface area contributed by atoms with Crippen molar-refractivity contribution in [2.24, 2.45) is 0 Å². The summed E-state index contributed by atoms with van der Waals surface area (Å²) in [5.41, 5.74) is 3.62. The van der Waals surface area contributed by atoms with E-state index in [2.05, 4.69) is 5.32 Å². The molecule has 0 unspecified atom stereocenters. The molecular formula is C32H32N2O7. The van der Waals surface area contributed by atoms with E-state index in [4.69, 9.17) is 9.47 Å². The molecule has 0 bridgehead atoms. The molecule has 2 aliphatic carbocycles. The van der Waals surface area contributed by atoms with E-state index >= 15 is 0 Å². The molecule has 3 aromatic rings. The highest BCUT2D eigenvalue weighted by Gasteiger charge is 2.51. The minimum atomic E-state index is -1.37. The summed E-state index contributed by atoms with van der Waals surface area (Å²) in [5.74, 6) is -2.72. The Morgan fingerprint density at radius 3 is 2.05 bits per heavy atom. The summed E-state index contributed by atoms with van der Waals surface area (Å²) in [4.78, 5) is 52.4. The van der Waals surface area contributed by atoms with E-state index in [1.807, 2.05) is 66.7 Å². The van der Waals surface area contributed by atoms with Crippen molar-refractivity contribution >= 4 is 23.9 Å². The zero-order chi connectivity index (χ0) is 29.0. The predicted molar refractivity (Wildman–Crippen MR) is 150 cm³/mol. The molecule has 9 nitrogen and oxygen atoms in total. The van der Waals surface area contributed by atoms with Crippen LogP contribution in [0, 0.1) is 0 Å². The van der Waals surface area contributed by atoms with E-state index in [9.17, 15) is 24.3 Å². The second-order valence-corrected chi connectivity index (χ2v) is 10.5. The number of nitrogens with one attached hydrogen (secondary N) is 1. The Morgan fingerprint density at radius 1 is 0.902 bits per heavy atom. The number of hydrogen-bond acceptors (Lipinski definition) is 6. The number of carboxylic acid groups (broad SMARTS) is 1. The summed E-state index contributed by atoms with van der Waals surface area (Å²) < 4.78 is 10.9. The summed E-state index contributed by atoms with van der Waals surface area (Å²) in [7, 11) is 1.39. The van der Waals surface area contributed by atoms with Crippen LogP contribution in [0.4, 0.5) is 4.79 Å². The number of fused-ring (bicyclic) bond motifs is 3. The van der Waals surface area contributed by atoms with Gasteiger partial charge < -0.3 is 24.8 Å². The number of benzene rings is 3. The molecule has 2 N–H and O–H groups in total. The highest BCUT2D eigenvalue weighted by Crippen LogP contribution is 2.44. The van der Waals surface area contributed by atoms with Gasteiger partial charge in [0.1, 0.15) is 24.8 Å². The van der Waals surface area contributed by atoms with Crippen molar-refractivity contribution in [3.05, 3.63) is 95.6 Å². The van der Waals surface area contributed by atoms with Crippen LogP contribution in [0.2, 0.25) is 0 Å². The van der Waals surface area contributed by atoms with Crippen LogP contribution in [-0.4, -0.2) is 59.2 Å². The van der Waals surface area contributed by atoms with Crippen LogP contribution < -0.4 is 5.32 Å². The molecule has 0 spiro atoms. The van der Waals surface area contributed by atoms with Gasteiger partial charge in [0, 0.05) is 13.0 Å². The molecule has 0 aromatic heterocycles. The van der Waals surface area contributed by atoms with E-state index in [1.54, 1.807) is 12.1 Å². The summed E-state index contributed by atoms with van der Waals surface area (Å²) in [6, 6.07) is 23.5. The van der Waals surface area contributed by atoms with E-state index < -0.39 is 41.9 Å². The smallest absolute Gasteiger partial charge is 0.407 e. The number of rotatable bonds is 10. The molecule has 1 atom stereocenters. The summed E-state index contributed by atoms with van der Waals surface area (Å²) >= 11 is 0. The number of likely N-dealkylation sites (N-methyl/N-ethyl adjacent to an activating group) is 1. The molecule has 9 heteroatoms. The minimum Gasteiger partial charge on any atom is -0.479 e. The maximum absolute atomic E-state index is 13.5. The Labute approximate surface area is 238 Å². The van der Waals surface area contributed by atoms with Crippen molar-refractivity contribution in [2.75, 3.05) is 13.7 Å². The maximum Gasteiger partial charge on any atom is 0.407 e. The first-order valence-electron chi connectivity index (χ1n) is 13.6. The number of carbonyl (C=O) groups excluding carboxylic acids is 3. The largest absolute Gasteiger partial charge is 0.479 e. The lowest BCUT2D eigenvalue weighted by atomic mass is 9.75. The van der Waals surface area contributed by atoms with Crippen molar-refractivity contribution in [3.63, 3.8) is 0 Å². The zero-order valence-corrected chi connectivity index (χ0v) is 22.7. The Bertz CT molecular complexity index is 1410. The lowest BCUT2D eigenvalue weighted by molar-refractivity contribution is -0.165. The number of aliphatic carboxylic acids is 1. The molecule has 0 saturated heterocycles. The van der Waals surface area contributed by atoms with Gasteiger partial charge in [-0.3, -0.25) is 9.59 Å². The summed E-state index contributed by atoms with van der Waals surface area (Å²) in [6.07, 6.45) is -0.113. The number of alkyl carbamates (subject to hydrolysis) is 1. The van der Waals surface area contributed by atoms with Crippen LogP contribution in [-0.2, 0) is 30.5 Å². The fourth-order valence-electron chi connectivity index (χ4n) is 5.60. The highest BCUT2D eigenvalue weighted by atomic mass is 16.5. The molecular weight excluding hydrogens is 524 g/mol. The van der Waals surface area contributed by atoms with Crippen LogP contribution >= 0.6 is 0 Å². The van der Waals surface area contributed by atoms with Crippen LogP contribution in [0.25, 0.3) is 11.1 Å². The molecule has 0 heterocycles. The minimum absolute atomic E-state index is 0.000427. The number of hydrogen-bond donors (Lipinski definition) is 2. The average Bonchev–Trinajstić information content (AvgIpc) is 3.27. The Hall–Kier alpha value is -4.66. The van der Waals surface area contributed by atoms with Gasteiger partial charge in [0.25, 0.3) is 0 Å². The van der Waals surface area contributed by atoms with Gasteiger partial charge in [0.2, 0.25) is 5.91 Å². The summed E-state index contributed by atoms with van der Waals surface area (Å²) in [5, 5.41) is 12.3. The SMILES string of the molecule is CN(C(=O)[C@H](CC(=O)OCc1ccccc1)NC(=O)OCC1c2ccccc2-c2ccccc21)C1(C(=O)O)CCC1. The van der Waals surface area contributed by atoms with Crippen LogP contribution in [0.3, 0.4) is 0 Å². The number of amides is 2. The quantitative estimate of drug-likeness (QED) is 0.353. The number of carbonyl (C=O) groups is 4. The third-order valence-electron chi connectivity index (χ3n) is 8.10.